The summed E-state index contributed by atoms with van der Waals surface area (Å²) in [6, 6.07) is 8.18. The number of morpholine rings is 1. The molecule has 1 aliphatic rings. The van der Waals surface area contributed by atoms with Gasteiger partial charge in [0, 0.05) is 25.2 Å². The van der Waals surface area contributed by atoms with Crippen molar-refractivity contribution in [3.63, 3.8) is 0 Å². The highest BCUT2D eigenvalue weighted by Crippen LogP contribution is 2.32. The fraction of sp³-hybridized carbons (Fsp3) is 0.368. The standard InChI is InChI=1S/C19H21F3N4O2S/c20-19(21,22)15-3-1-2-14(12-15)17-5-4-16(28-17)13-24-26(18(23)29)7-6-25-8-10-27-11-9-25/h1-5,12-13H,6-11H2,(H2,23,29). The maximum atomic E-state index is 12.9. The van der Waals surface area contributed by atoms with Crippen LogP contribution in [0.1, 0.15) is 11.3 Å². The zero-order chi connectivity index (χ0) is 20.9. The quantitative estimate of drug-likeness (QED) is 0.435. The number of benzene rings is 1. The Morgan fingerprint density at radius 2 is 2.00 bits per heavy atom. The number of halogens is 3. The maximum absolute atomic E-state index is 12.9. The Morgan fingerprint density at radius 1 is 1.24 bits per heavy atom. The average molecular weight is 426 g/mol. The number of hydrogen-bond donors (Lipinski definition) is 1. The van der Waals surface area contributed by atoms with Gasteiger partial charge in [-0.1, -0.05) is 12.1 Å². The number of thiocarbonyl (C=S) groups is 1. The molecule has 0 aliphatic carbocycles. The molecule has 156 valence electrons. The van der Waals surface area contributed by atoms with Crippen molar-refractivity contribution in [2.45, 2.75) is 6.18 Å². The molecule has 0 amide bonds. The van der Waals surface area contributed by atoms with Crippen molar-refractivity contribution in [3.8, 4) is 11.3 Å². The largest absolute Gasteiger partial charge is 0.455 e. The van der Waals surface area contributed by atoms with Gasteiger partial charge < -0.3 is 14.9 Å². The third-order valence-electron chi connectivity index (χ3n) is 4.41. The highest BCUT2D eigenvalue weighted by Gasteiger charge is 2.30. The van der Waals surface area contributed by atoms with E-state index in [1.165, 1.54) is 17.3 Å². The molecule has 0 bridgehead atoms. The Bertz CT molecular complexity index is 863. The highest BCUT2D eigenvalue weighted by molar-refractivity contribution is 7.80. The lowest BCUT2D eigenvalue weighted by atomic mass is 10.1. The maximum Gasteiger partial charge on any atom is 0.416 e. The second-order valence-electron chi connectivity index (χ2n) is 6.44. The van der Waals surface area contributed by atoms with Gasteiger partial charge in [0.15, 0.2) is 5.11 Å². The van der Waals surface area contributed by atoms with Crippen LogP contribution in [0, 0.1) is 0 Å². The molecular formula is C19H21F3N4O2S. The SMILES string of the molecule is NC(=S)N(CCN1CCOCC1)N=Cc1ccc(-c2cccc(C(F)(F)F)c2)o1. The number of nitrogens with two attached hydrogens (primary N) is 1. The Labute approximate surface area is 171 Å². The first-order chi connectivity index (χ1) is 13.8. The molecule has 3 rings (SSSR count). The lowest BCUT2D eigenvalue weighted by Crippen LogP contribution is -2.42. The zero-order valence-electron chi connectivity index (χ0n) is 15.6. The van der Waals surface area contributed by atoms with Crippen molar-refractivity contribution in [2.75, 3.05) is 39.4 Å². The van der Waals surface area contributed by atoms with Crippen LogP contribution in [0.25, 0.3) is 11.3 Å². The molecule has 29 heavy (non-hydrogen) atoms. The molecule has 2 heterocycles. The summed E-state index contributed by atoms with van der Waals surface area (Å²) in [5, 5.41) is 5.86. The van der Waals surface area contributed by atoms with E-state index in [4.69, 9.17) is 27.1 Å². The molecule has 0 spiro atoms. The lowest BCUT2D eigenvalue weighted by Gasteiger charge is -2.28. The van der Waals surface area contributed by atoms with Gasteiger partial charge in [-0.3, -0.25) is 4.90 Å². The van der Waals surface area contributed by atoms with Crippen molar-refractivity contribution in [3.05, 3.63) is 47.7 Å². The van der Waals surface area contributed by atoms with Crippen LogP contribution in [0.5, 0.6) is 0 Å². The predicted molar refractivity (Wildman–Crippen MR) is 107 cm³/mol. The van der Waals surface area contributed by atoms with Gasteiger partial charge in [-0.25, -0.2) is 5.01 Å². The van der Waals surface area contributed by atoms with E-state index in [0.717, 1.165) is 31.8 Å². The summed E-state index contributed by atoms with van der Waals surface area (Å²) in [6.45, 7) is 4.31. The summed E-state index contributed by atoms with van der Waals surface area (Å²) in [5.41, 5.74) is 5.33. The van der Waals surface area contributed by atoms with Crippen LogP contribution in [0.4, 0.5) is 13.2 Å². The molecule has 10 heteroatoms. The Kier molecular flexibility index (Phi) is 6.88. The van der Waals surface area contributed by atoms with Gasteiger partial charge >= 0.3 is 6.18 Å². The molecule has 0 radical (unpaired) electrons. The van der Waals surface area contributed by atoms with Crippen LogP contribution in [0.15, 0.2) is 45.9 Å². The molecule has 1 aromatic heterocycles. The van der Waals surface area contributed by atoms with Crippen molar-refractivity contribution in [1.29, 1.82) is 0 Å². The number of alkyl halides is 3. The number of furan rings is 1. The summed E-state index contributed by atoms with van der Waals surface area (Å²) < 4.78 is 49.6. The predicted octanol–water partition coefficient (Wildman–Crippen LogP) is 3.18. The first-order valence-corrected chi connectivity index (χ1v) is 9.42. The van der Waals surface area contributed by atoms with Crippen LogP contribution in [-0.2, 0) is 10.9 Å². The number of rotatable bonds is 6. The molecule has 2 N–H and O–H groups in total. The van der Waals surface area contributed by atoms with Gasteiger partial charge in [-0.2, -0.15) is 18.3 Å². The molecule has 0 unspecified atom stereocenters. The summed E-state index contributed by atoms with van der Waals surface area (Å²) in [4.78, 5) is 2.23. The monoisotopic (exact) mass is 426 g/mol. The van der Waals surface area contributed by atoms with Gasteiger partial charge in [0.05, 0.1) is 31.5 Å². The van der Waals surface area contributed by atoms with Crippen LogP contribution in [0.3, 0.4) is 0 Å². The summed E-state index contributed by atoms with van der Waals surface area (Å²) in [7, 11) is 0. The molecule has 1 saturated heterocycles. The number of nitrogens with zero attached hydrogens (tertiary/aromatic N) is 3. The fourth-order valence-corrected chi connectivity index (χ4v) is 2.98. The third-order valence-corrected chi connectivity index (χ3v) is 4.62. The Morgan fingerprint density at radius 3 is 2.69 bits per heavy atom. The second kappa shape index (κ2) is 9.38. The number of hydrogen-bond acceptors (Lipinski definition) is 5. The van der Waals surface area contributed by atoms with E-state index in [1.807, 2.05) is 0 Å². The van der Waals surface area contributed by atoms with Crippen molar-refractivity contribution >= 4 is 23.5 Å². The molecule has 1 aromatic carbocycles. The van der Waals surface area contributed by atoms with E-state index in [0.29, 0.717) is 36.8 Å². The molecular weight excluding hydrogens is 405 g/mol. The van der Waals surface area contributed by atoms with E-state index in [1.54, 1.807) is 18.2 Å². The van der Waals surface area contributed by atoms with Gasteiger partial charge in [-0.05, 0) is 36.5 Å². The lowest BCUT2D eigenvalue weighted by molar-refractivity contribution is -0.137. The molecule has 1 fully saturated rings. The molecule has 1 aliphatic heterocycles. The van der Waals surface area contributed by atoms with E-state index in [2.05, 4.69) is 10.0 Å². The van der Waals surface area contributed by atoms with E-state index in [-0.39, 0.29) is 5.11 Å². The summed E-state index contributed by atoms with van der Waals surface area (Å²) in [5.74, 6) is 0.692. The second-order valence-corrected chi connectivity index (χ2v) is 6.86. The minimum Gasteiger partial charge on any atom is -0.455 e. The van der Waals surface area contributed by atoms with E-state index in [9.17, 15) is 13.2 Å². The highest BCUT2D eigenvalue weighted by atomic mass is 32.1. The van der Waals surface area contributed by atoms with Gasteiger partial charge in [0.2, 0.25) is 0 Å². The van der Waals surface area contributed by atoms with Crippen LogP contribution in [-0.4, -0.2) is 60.6 Å². The average Bonchev–Trinajstić information content (AvgIpc) is 3.17. The zero-order valence-corrected chi connectivity index (χ0v) is 16.4. The van der Waals surface area contributed by atoms with Gasteiger partial charge in [0.25, 0.3) is 0 Å². The minimum absolute atomic E-state index is 0.124. The van der Waals surface area contributed by atoms with Crippen LogP contribution >= 0.6 is 12.2 Å². The Balaban J connectivity index is 1.66. The van der Waals surface area contributed by atoms with Crippen molar-refractivity contribution in [2.24, 2.45) is 10.8 Å². The van der Waals surface area contributed by atoms with Crippen LogP contribution < -0.4 is 5.73 Å². The topological polar surface area (TPSA) is 67.2 Å². The van der Waals surface area contributed by atoms with Gasteiger partial charge in [-0.15, -0.1) is 0 Å². The van der Waals surface area contributed by atoms with E-state index < -0.39 is 11.7 Å². The minimum atomic E-state index is -4.41. The number of hydrazone groups is 1. The fourth-order valence-electron chi connectivity index (χ4n) is 2.84. The summed E-state index contributed by atoms with van der Waals surface area (Å²) in [6.07, 6.45) is -2.97. The van der Waals surface area contributed by atoms with Gasteiger partial charge in [0.1, 0.15) is 11.5 Å². The third kappa shape index (κ3) is 6.02. The van der Waals surface area contributed by atoms with Crippen LogP contribution in [0.2, 0.25) is 0 Å². The molecule has 2 aromatic rings. The summed E-state index contributed by atoms with van der Waals surface area (Å²) >= 11 is 5.04. The van der Waals surface area contributed by atoms with Crippen molar-refractivity contribution in [1.82, 2.24) is 9.91 Å². The normalized spacial score (nSPS) is 15.7. The molecule has 6 nitrogen and oxygen atoms in total. The molecule has 0 saturated carbocycles. The first kappa shape index (κ1) is 21.3. The Hall–Kier alpha value is -2.43. The first-order valence-electron chi connectivity index (χ1n) is 9.01. The van der Waals surface area contributed by atoms with Crippen molar-refractivity contribution < 1.29 is 22.3 Å². The number of ether oxygens (including phenoxy) is 1. The molecule has 0 atom stereocenters. The van der Waals surface area contributed by atoms with E-state index >= 15 is 0 Å². The smallest absolute Gasteiger partial charge is 0.416 e.